The van der Waals surface area contributed by atoms with E-state index in [2.05, 4.69) is 37.2 Å². The fourth-order valence-electron chi connectivity index (χ4n) is 0.966. The Kier molecular flexibility index (Phi) is 2.69. The van der Waals surface area contributed by atoms with Gasteiger partial charge in [0.1, 0.15) is 0 Å². The summed E-state index contributed by atoms with van der Waals surface area (Å²) in [6.07, 6.45) is 9.78. The predicted molar refractivity (Wildman–Crippen MR) is 43.7 cm³/mol. The summed E-state index contributed by atoms with van der Waals surface area (Å²) in [6.45, 7) is 1.13. The van der Waals surface area contributed by atoms with E-state index in [1.807, 2.05) is 0 Å². The van der Waals surface area contributed by atoms with Crippen molar-refractivity contribution in [2.24, 2.45) is 0 Å². The van der Waals surface area contributed by atoms with Crippen molar-refractivity contribution in [1.29, 1.82) is 0 Å². The number of rotatable bonds is 3. The van der Waals surface area contributed by atoms with Gasteiger partial charge in [0.2, 0.25) is 0 Å². The molecular weight excluding hydrogens is 122 g/mol. The van der Waals surface area contributed by atoms with Crippen LogP contribution in [0.25, 0.3) is 0 Å². The van der Waals surface area contributed by atoms with E-state index in [-0.39, 0.29) is 0 Å². The molecule has 1 radical (unpaired) electrons. The zero-order chi connectivity index (χ0) is 7.40. The summed E-state index contributed by atoms with van der Waals surface area (Å²) >= 11 is 0. The Bertz CT molecular complexity index is 154. The first-order valence-corrected chi connectivity index (χ1v) is 3.70. The highest BCUT2D eigenvalue weighted by Gasteiger charge is 1.97. The molecule has 0 spiro atoms. The summed E-state index contributed by atoms with van der Waals surface area (Å²) in [4.78, 5) is 2.20. The van der Waals surface area contributed by atoms with Crippen LogP contribution in [-0.2, 0) is 0 Å². The molecule has 0 amide bonds. The summed E-state index contributed by atoms with van der Waals surface area (Å²) in [5, 5.41) is 0. The third kappa shape index (κ3) is 2.36. The molecule has 10 heavy (non-hydrogen) atoms. The maximum Gasteiger partial charge on any atom is 0.00158 e. The lowest BCUT2D eigenvalue weighted by atomic mass is 10.2. The van der Waals surface area contributed by atoms with E-state index in [1.165, 1.54) is 5.57 Å². The van der Waals surface area contributed by atoms with Crippen molar-refractivity contribution in [1.82, 2.24) is 4.90 Å². The van der Waals surface area contributed by atoms with Crippen molar-refractivity contribution >= 4 is 0 Å². The molecule has 1 rings (SSSR count). The van der Waals surface area contributed by atoms with Gasteiger partial charge in [0.25, 0.3) is 0 Å². The molecule has 0 aromatic rings. The molecular formula is C9H14N. The van der Waals surface area contributed by atoms with Crippen molar-refractivity contribution in [3.05, 3.63) is 23.8 Å². The van der Waals surface area contributed by atoms with Crippen LogP contribution in [0, 0.1) is 6.08 Å². The molecule has 0 saturated heterocycles. The normalized spacial score (nSPS) is 16.5. The summed E-state index contributed by atoms with van der Waals surface area (Å²) in [6, 6.07) is 0. The molecule has 0 atom stereocenters. The average Bonchev–Trinajstić information content (AvgIpc) is 2.34. The van der Waals surface area contributed by atoms with Crippen molar-refractivity contribution in [2.45, 2.75) is 12.8 Å². The minimum Gasteiger partial charge on any atom is -0.309 e. The second kappa shape index (κ2) is 3.57. The van der Waals surface area contributed by atoms with Gasteiger partial charge in [-0.05, 0) is 38.6 Å². The summed E-state index contributed by atoms with van der Waals surface area (Å²) < 4.78 is 0. The topological polar surface area (TPSA) is 3.24 Å². The fourth-order valence-corrected chi connectivity index (χ4v) is 0.966. The molecule has 0 heterocycles. The maximum atomic E-state index is 3.29. The van der Waals surface area contributed by atoms with Crippen LogP contribution < -0.4 is 0 Å². The third-order valence-corrected chi connectivity index (χ3v) is 1.59. The van der Waals surface area contributed by atoms with Crippen LogP contribution in [0.15, 0.2) is 17.7 Å². The first-order chi connectivity index (χ1) is 4.79. The fraction of sp³-hybridized carbons (Fsp3) is 0.556. The van der Waals surface area contributed by atoms with Gasteiger partial charge in [-0.3, -0.25) is 0 Å². The minimum absolute atomic E-state index is 1.02. The Morgan fingerprint density at radius 3 is 2.90 bits per heavy atom. The van der Waals surface area contributed by atoms with E-state index in [9.17, 15) is 0 Å². The maximum absolute atomic E-state index is 3.29. The smallest absolute Gasteiger partial charge is 0.00158 e. The third-order valence-electron chi connectivity index (χ3n) is 1.59. The van der Waals surface area contributed by atoms with E-state index < -0.39 is 0 Å². The van der Waals surface area contributed by atoms with Crippen LogP contribution in [0.4, 0.5) is 0 Å². The van der Waals surface area contributed by atoms with Crippen molar-refractivity contribution in [3.63, 3.8) is 0 Å². The predicted octanol–water partition coefficient (Wildman–Crippen LogP) is 1.63. The molecule has 55 valence electrons. The highest BCUT2D eigenvalue weighted by atomic mass is 15.0. The molecule has 0 aliphatic heterocycles. The van der Waals surface area contributed by atoms with E-state index in [0.717, 1.165) is 19.4 Å². The molecule has 0 aromatic carbocycles. The lowest BCUT2D eigenvalue weighted by Gasteiger charge is -2.07. The van der Waals surface area contributed by atoms with Gasteiger partial charge in [0, 0.05) is 6.54 Å². The van der Waals surface area contributed by atoms with E-state index in [4.69, 9.17) is 0 Å². The minimum atomic E-state index is 1.02. The Labute approximate surface area is 63.0 Å². The largest absolute Gasteiger partial charge is 0.309 e. The molecule has 0 saturated carbocycles. The summed E-state index contributed by atoms with van der Waals surface area (Å²) in [5.41, 5.74) is 1.37. The lowest BCUT2D eigenvalue weighted by molar-refractivity contribution is 0.414. The standard InChI is InChI=1S/C9H14N/c1-10(2)8-7-9-5-3-4-6-9/h3,5H,4,7-8H2,1-2H3. The van der Waals surface area contributed by atoms with E-state index in [1.54, 1.807) is 0 Å². The van der Waals surface area contributed by atoms with Gasteiger partial charge in [-0.1, -0.05) is 12.2 Å². The van der Waals surface area contributed by atoms with E-state index in [0.29, 0.717) is 0 Å². The number of hydrogen-bond donors (Lipinski definition) is 0. The van der Waals surface area contributed by atoms with Crippen LogP contribution in [0.1, 0.15) is 12.8 Å². The van der Waals surface area contributed by atoms with Crippen LogP contribution in [0.3, 0.4) is 0 Å². The molecule has 0 unspecified atom stereocenters. The number of allylic oxidation sites excluding steroid dienone is 3. The highest BCUT2D eigenvalue weighted by molar-refractivity contribution is 5.22. The molecule has 1 nitrogen and oxygen atoms in total. The summed E-state index contributed by atoms with van der Waals surface area (Å²) in [7, 11) is 4.19. The highest BCUT2D eigenvalue weighted by Crippen LogP contribution is 2.11. The number of hydrogen-bond acceptors (Lipinski definition) is 1. The second-order valence-electron chi connectivity index (χ2n) is 2.86. The zero-order valence-corrected chi connectivity index (χ0v) is 6.72. The quantitative estimate of drug-likeness (QED) is 0.570. The summed E-state index contributed by atoms with van der Waals surface area (Å²) in [5.74, 6) is 0. The van der Waals surface area contributed by atoms with Crippen molar-refractivity contribution in [3.8, 4) is 0 Å². The van der Waals surface area contributed by atoms with Crippen LogP contribution in [0.2, 0.25) is 0 Å². The Morgan fingerprint density at radius 2 is 2.40 bits per heavy atom. The second-order valence-corrected chi connectivity index (χ2v) is 2.86. The molecule has 0 aromatic heterocycles. The first-order valence-electron chi connectivity index (χ1n) is 3.70. The SMILES string of the molecule is CN(C)CCC1=[C]CC=C1. The van der Waals surface area contributed by atoms with Crippen molar-refractivity contribution < 1.29 is 0 Å². The van der Waals surface area contributed by atoms with Gasteiger partial charge in [0.05, 0.1) is 0 Å². The lowest BCUT2D eigenvalue weighted by Crippen LogP contribution is -2.12. The molecule has 1 aliphatic rings. The average molecular weight is 136 g/mol. The number of nitrogens with zero attached hydrogens (tertiary/aromatic N) is 1. The van der Waals surface area contributed by atoms with Gasteiger partial charge in [-0.25, -0.2) is 0 Å². The Hall–Kier alpha value is -0.560. The van der Waals surface area contributed by atoms with Gasteiger partial charge >= 0.3 is 0 Å². The first kappa shape index (κ1) is 7.55. The Morgan fingerprint density at radius 1 is 1.60 bits per heavy atom. The molecule has 0 fully saturated rings. The van der Waals surface area contributed by atoms with E-state index >= 15 is 0 Å². The monoisotopic (exact) mass is 136 g/mol. The van der Waals surface area contributed by atoms with Gasteiger partial charge in [-0.2, -0.15) is 0 Å². The molecule has 0 bridgehead atoms. The van der Waals surface area contributed by atoms with Gasteiger partial charge in [0.15, 0.2) is 0 Å². The van der Waals surface area contributed by atoms with Crippen LogP contribution in [0.5, 0.6) is 0 Å². The van der Waals surface area contributed by atoms with Gasteiger partial charge < -0.3 is 4.90 Å². The molecule has 1 aliphatic carbocycles. The molecule has 0 N–H and O–H groups in total. The van der Waals surface area contributed by atoms with Crippen LogP contribution >= 0.6 is 0 Å². The Balaban J connectivity index is 2.19. The van der Waals surface area contributed by atoms with Crippen molar-refractivity contribution in [2.75, 3.05) is 20.6 Å². The molecule has 1 heteroatoms. The van der Waals surface area contributed by atoms with Crippen LogP contribution in [-0.4, -0.2) is 25.5 Å². The van der Waals surface area contributed by atoms with Gasteiger partial charge in [-0.15, -0.1) is 0 Å². The zero-order valence-electron chi connectivity index (χ0n) is 6.72.